The summed E-state index contributed by atoms with van der Waals surface area (Å²) in [5.41, 5.74) is 2.50. The van der Waals surface area contributed by atoms with E-state index < -0.39 is 23.4 Å². The number of halogens is 3. The molecule has 0 atom stereocenters. The number of nitrogens with zero attached hydrogens (tertiary/aromatic N) is 5. The van der Waals surface area contributed by atoms with Gasteiger partial charge in [0.25, 0.3) is 0 Å². The van der Waals surface area contributed by atoms with Crippen molar-refractivity contribution in [1.29, 1.82) is 0 Å². The SMILES string of the molecule is CCOC(=O)c1cnn(-c2cccc(-c3cccc(-n4ncc5c4C(C)(C)CC5)c3)n2)c1C(F)(F)F. The van der Waals surface area contributed by atoms with Crippen LogP contribution in [0.5, 0.6) is 0 Å². The summed E-state index contributed by atoms with van der Waals surface area (Å²) in [6, 6.07) is 12.3. The van der Waals surface area contributed by atoms with Crippen LogP contribution in [0.4, 0.5) is 13.2 Å². The lowest BCUT2D eigenvalue weighted by atomic mass is 9.90. The summed E-state index contributed by atoms with van der Waals surface area (Å²) < 4.78 is 49.1. The zero-order valence-corrected chi connectivity index (χ0v) is 20.0. The molecule has 3 heterocycles. The predicted octanol–water partition coefficient (Wildman–Crippen LogP) is 5.54. The van der Waals surface area contributed by atoms with E-state index >= 15 is 0 Å². The third-order valence-electron chi connectivity index (χ3n) is 6.38. The lowest BCUT2D eigenvalue weighted by molar-refractivity contribution is -0.143. The first-order valence-corrected chi connectivity index (χ1v) is 11.6. The van der Waals surface area contributed by atoms with Crippen LogP contribution in [0.2, 0.25) is 0 Å². The minimum atomic E-state index is -4.84. The maximum absolute atomic E-state index is 13.9. The fraction of sp³-hybridized carbons (Fsp3) is 0.308. The number of alkyl halides is 3. The molecule has 0 aliphatic heterocycles. The molecular formula is C26H24F3N5O2. The fourth-order valence-corrected chi connectivity index (χ4v) is 4.70. The molecule has 186 valence electrons. The highest BCUT2D eigenvalue weighted by atomic mass is 19.4. The number of hydrogen-bond acceptors (Lipinski definition) is 5. The predicted molar refractivity (Wildman–Crippen MR) is 126 cm³/mol. The van der Waals surface area contributed by atoms with Crippen molar-refractivity contribution in [1.82, 2.24) is 24.5 Å². The number of fused-ring (bicyclic) bond motifs is 1. The summed E-state index contributed by atoms with van der Waals surface area (Å²) >= 11 is 0. The standard InChI is InChI=1S/C26H24F3N5O2/c1-4-36-24(35)19-15-31-34(23(19)26(27,28)29)21-10-6-9-20(32-21)16-7-5-8-18(13-16)33-22-17(14-30-33)11-12-25(22,2)3/h5-10,13-15H,4,11-12H2,1-3H3. The maximum Gasteiger partial charge on any atom is 0.434 e. The second-order valence-electron chi connectivity index (χ2n) is 9.28. The van der Waals surface area contributed by atoms with E-state index in [2.05, 4.69) is 29.0 Å². The van der Waals surface area contributed by atoms with Crippen LogP contribution in [-0.4, -0.2) is 37.1 Å². The smallest absolute Gasteiger partial charge is 0.434 e. The molecule has 1 aliphatic rings. The Bertz CT molecular complexity index is 1450. The van der Waals surface area contributed by atoms with E-state index in [0.29, 0.717) is 15.9 Å². The van der Waals surface area contributed by atoms with Crippen molar-refractivity contribution in [3.8, 4) is 22.8 Å². The van der Waals surface area contributed by atoms with Crippen molar-refractivity contribution in [2.24, 2.45) is 0 Å². The van der Waals surface area contributed by atoms with Crippen LogP contribution >= 0.6 is 0 Å². The van der Waals surface area contributed by atoms with Gasteiger partial charge in [-0.15, -0.1) is 0 Å². The van der Waals surface area contributed by atoms with Crippen molar-refractivity contribution >= 4 is 5.97 Å². The number of carbonyl (C=O) groups is 1. The van der Waals surface area contributed by atoms with E-state index in [9.17, 15) is 18.0 Å². The molecule has 0 bridgehead atoms. The number of rotatable bonds is 5. The molecule has 1 aliphatic carbocycles. The molecule has 0 N–H and O–H groups in total. The maximum atomic E-state index is 13.9. The van der Waals surface area contributed by atoms with Gasteiger partial charge in [0.15, 0.2) is 11.5 Å². The highest BCUT2D eigenvalue weighted by Gasteiger charge is 2.41. The summed E-state index contributed by atoms with van der Waals surface area (Å²) in [6.07, 6.45) is -0.0695. The van der Waals surface area contributed by atoms with E-state index in [1.807, 2.05) is 35.1 Å². The second-order valence-corrected chi connectivity index (χ2v) is 9.28. The van der Waals surface area contributed by atoms with Crippen molar-refractivity contribution < 1.29 is 22.7 Å². The second kappa shape index (κ2) is 8.61. The highest BCUT2D eigenvalue weighted by molar-refractivity contribution is 5.90. The van der Waals surface area contributed by atoms with Crippen LogP contribution in [-0.2, 0) is 22.7 Å². The van der Waals surface area contributed by atoms with Crippen molar-refractivity contribution in [3.05, 3.63) is 77.4 Å². The average Bonchev–Trinajstić information content (AvgIpc) is 3.55. The molecule has 0 saturated carbocycles. The van der Waals surface area contributed by atoms with Gasteiger partial charge >= 0.3 is 12.1 Å². The summed E-state index contributed by atoms with van der Waals surface area (Å²) in [4.78, 5) is 16.6. The third kappa shape index (κ3) is 4.06. The number of aromatic nitrogens is 5. The molecule has 7 nitrogen and oxygen atoms in total. The molecule has 0 amide bonds. The van der Waals surface area contributed by atoms with Crippen molar-refractivity contribution in [2.45, 2.75) is 45.2 Å². The van der Waals surface area contributed by atoms with E-state index in [1.54, 1.807) is 12.1 Å². The van der Waals surface area contributed by atoms with Crippen LogP contribution in [0.3, 0.4) is 0 Å². The van der Waals surface area contributed by atoms with Gasteiger partial charge in [0.1, 0.15) is 5.56 Å². The van der Waals surface area contributed by atoms with E-state index in [1.165, 1.54) is 24.2 Å². The average molecular weight is 496 g/mol. The van der Waals surface area contributed by atoms with Gasteiger partial charge in [-0.3, -0.25) is 0 Å². The van der Waals surface area contributed by atoms with Crippen LogP contribution in [0, 0.1) is 0 Å². The van der Waals surface area contributed by atoms with Crippen LogP contribution in [0.15, 0.2) is 54.9 Å². The Labute approximate surface area is 205 Å². The molecule has 10 heteroatoms. The molecule has 36 heavy (non-hydrogen) atoms. The number of aryl methyl sites for hydroxylation is 1. The molecule has 5 rings (SSSR count). The molecule has 0 fully saturated rings. The molecule has 1 aromatic carbocycles. The van der Waals surface area contributed by atoms with Crippen LogP contribution in [0.1, 0.15) is 54.5 Å². The highest BCUT2D eigenvalue weighted by Crippen LogP contribution is 2.39. The first kappa shape index (κ1) is 23.8. The lowest BCUT2D eigenvalue weighted by Gasteiger charge is -2.21. The van der Waals surface area contributed by atoms with Gasteiger partial charge in [-0.25, -0.2) is 19.1 Å². The number of benzene rings is 1. The van der Waals surface area contributed by atoms with E-state index in [-0.39, 0.29) is 17.8 Å². The van der Waals surface area contributed by atoms with Gasteiger partial charge in [-0.05, 0) is 49.6 Å². The molecular weight excluding hydrogens is 471 g/mol. The van der Waals surface area contributed by atoms with E-state index in [0.717, 1.165) is 24.7 Å². The summed E-state index contributed by atoms with van der Waals surface area (Å²) in [5, 5.41) is 8.41. The molecule has 4 aromatic rings. The number of pyridine rings is 1. The Hall–Kier alpha value is -3.95. The molecule has 0 unspecified atom stereocenters. The fourth-order valence-electron chi connectivity index (χ4n) is 4.70. The first-order valence-electron chi connectivity index (χ1n) is 11.6. The van der Waals surface area contributed by atoms with Gasteiger partial charge < -0.3 is 4.74 Å². The normalized spacial score (nSPS) is 14.6. The van der Waals surface area contributed by atoms with Gasteiger partial charge in [0.2, 0.25) is 0 Å². The Balaban J connectivity index is 1.56. The number of hydrogen-bond donors (Lipinski definition) is 0. The monoisotopic (exact) mass is 495 g/mol. The lowest BCUT2D eigenvalue weighted by Crippen LogP contribution is -2.19. The summed E-state index contributed by atoms with van der Waals surface area (Å²) in [5.74, 6) is -1.16. The third-order valence-corrected chi connectivity index (χ3v) is 6.38. The molecule has 3 aromatic heterocycles. The van der Waals surface area contributed by atoms with Gasteiger partial charge in [-0.2, -0.15) is 23.4 Å². The Morgan fingerprint density at radius 1 is 1.08 bits per heavy atom. The van der Waals surface area contributed by atoms with Crippen molar-refractivity contribution in [2.75, 3.05) is 6.61 Å². The summed E-state index contributed by atoms with van der Waals surface area (Å²) in [7, 11) is 0. The van der Waals surface area contributed by atoms with E-state index in [4.69, 9.17) is 4.74 Å². The quantitative estimate of drug-likeness (QED) is 0.340. The summed E-state index contributed by atoms with van der Waals surface area (Å²) in [6.45, 7) is 5.85. The number of carbonyl (C=O) groups excluding carboxylic acids is 1. The topological polar surface area (TPSA) is 74.8 Å². The van der Waals surface area contributed by atoms with Crippen LogP contribution in [0.25, 0.3) is 22.8 Å². The molecule has 0 saturated heterocycles. The van der Waals surface area contributed by atoms with Crippen LogP contribution < -0.4 is 0 Å². The Morgan fingerprint density at radius 2 is 1.83 bits per heavy atom. The number of ether oxygens (including phenoxy) is 1. The minimum absolute atomic E-state index is 0.00920. The Morgan fingerprint density at radius 3 is 2.58 bits per heavy atom. The largest absolute Gasteiger partial charge is 0.462 e. The molecule has 0 radical (unpaired) electrons. The zero-order chi connectivity index (χ0) is 25.7. The minimum Gasteiger partial charge on any atom is -0.462 e. The molecule has 0 spiro atoms. The van der Waals surface area contributed by atoms with Gasteiger partial charge in [0, 0.05) is 11.0 Å². The van der Waals surface area contributed by atoms with Gasteiger partial charge in [0.05, 0.1) is 36.1 Å². The number of esters is 1. The van der Waals surface area contributed by atoms with Crippen molar-refractivity contribution in [3.63, 3.8) is 0 Å². The first-order chi connectivity index (χ1) is 17.1. The van der Waals surface area contributed by atoms with Gasteiger partial charge in [-0.1, -0.05) is 32.0 Å². The zero-order valence-electron chi connectivity index (χ0n) is 20.0. The Kier molecular flexibility index (Phi) is 5.69.